The van der Waals surface area contributed by atoms with E-state index in [4.69, 9.17) is 29.5 Å². The summed E-state index contributed by atoms with van der Waals surface area (Å²) in [6.45, 7) is -0.976. The van der Waals surface area contributed by atoms with Gasteiger partial charge in [0.1, 0.15) is 12.4 Å². The van der Waals surface area contributed by atoms with E-state index in [1.54, 1.807) is 6.92 Å². The van der Waals surface area contributed by atoms with E-state index in [0.29, 0.717) is 30.3 Å². The van der Waals surface area contributed by atoms with Crippen molar-refractivity contribution in [3.63, 3.8) is 0 Å². The molecule has 0 radical (unpaired) electrons. The smallest absolute Gasteiger partial charge is 0.407 e. The average Bonchev–Trinajstić information content (AvgIpc) is 3.60. The fourth-order valence-electron chi connectivity index (χ4n) is 5.03. The number of carbonyl (C=O) groups is 3. The summed E-state index contributed by atoms with van der Waals surface area (Å²) in [6.07, 6.45) is 1.63. The van der Waals surface area contributed by atoms with Gasteiger partial charge in [0.2, 0.25) is 5.89 Å². The van der Waals surface area contributed by atoms with Crippen LogP contribution in [-0.4, -0.2) is 78.5 Å². The molecule has 2 aromatic carbocycles. The van der Waals surface area contributed by atoms with Crippen LogP contribution >= 0.6 is 12.4 Å². The van der Waals surface area contributed by atoms with Gasteiger partial charge < -0.3 is 44.4 Å². The second kappa shape index (κ2) is 15.3. The molecule has 2 amide bonds. The standard InChI is InChI=1S/C31H34F2N4O9.ClH/c1-16(34)26-25(36-27(46-26)19-7-10-23(45-30(32)33)24(11-19)44-14-17-3-4-17)28(38)37-13-20(35-31(41)42-2)12-21(37)15-43-22-8-5-18(6-9-22)29(39)40;/h5-11,16-17,20-21,30H,3-4,12-15,34H2,1-2H3,(H,35,41)(H,39,40);1H/t16-,20+,21-;/m0./s1. The first-order valence-electron chi connectivity index (χ1n) is 14.6. The first kappa shape index (κ1) is 35.2. The fraction of sp³-hybridized carbons (Fsp3) is 0.419. The molecule has 3 aromatic rings. The lowest BCUT2D eigenvalue weighted by molar-refractivity contribution is -0.0515. The molecule has 1 aromatic heterocycles. The van der Waals surface area contributed by atoms with Gasteiger partial charge in [-0.05, 0) is 74.6 Å². The Labute approximate surface area is 274 Å². The molecule has 4 N–H and O–H groups in total. The van der Waals surface area contributed by atoms with Crippen molar-refractivity contribution in [3.8, 4) is 28.7 Å². The topological polar surface area (TPSA) is 176 Å². The van der Waals surface area contributed by atoms with Crippen LogP contribution in [0.1, 0.15) is 58.8 Å². The third kappa shape index (κ3) is 8.80. The molecule has 1 aliphatic carbocycles. The Bertz CT molecular complexity index is 1570. The molecule has 0 spiro atoms. The number of hydrogen-bond donors (Lipinski definition) is 3. The quantitative estimate of drug-likeness (QED) is 0.224. The first-order chi connectivity index (χ1) is 22.0. The molecule has 47 heavy (non-hydrogen) atoms. The number of methoxy groups -OCH3 is 1. The maximum atomic E-state index is 14.0. The number of hydrogen-bond acceptors (Lipinski definition) is 10. The van der Waals surface area contributed by atoms with Crippen LogP contribution in [0.15, 0.2) is 46.9 Å². The van der Waals surface area contributed by atoms with Crippen LogP contribution in [0, 0.1) is 5.92 Å². The molecule has 5 rings (SSSR count). The van der Waals surface area contributed by atoms with E-state index in [9.17, 15) is 23.2 Å². The van der Waals surface area contributed by atoms with Crippen molar-refractivity contribution in [2.75, 3.05) is 26.9 Å². The van der Waals surface area contributed by atoms with E-state index >= 15 is 0 Å². The largest absolute Gasteiger partial charge is 0.491 e. The highest BCUT2D eigenvalue weighted by Crippen LogP contribution is 2.37. The number of nitrogens with two attached hydrogens (primary N) is 1. The van der Waals surface area contributed by atoms with Gasteiger partial charge in [-0.3, -0.25) is 4.79 Å². The van der Waals surface area contributed by atoms with Crippen LogP contribution in [-0.2, 0) is 4.74 Å². The lowest BCUT2D eigenvalue weighted by Gasteiger charge is -2.24. The maximum Gasteiger partial charge on any atom is 0.407 e. The van der Waals surface area contributed by atoms with Crippen molar-refractivity contribution in [2.45, 2.75) is 50.9 Å². The van der Waals surface area contributed by atoms with Gasteiger partial charge in [0.15, 0.2) is 23.0 Å². The molecule has 1 saturated heterocycles. The van der Waals surface area contributed by atoms with E-state index < -0.39 is 42.7 Å². The predicted molar refractivity (Wildman–Crippen MR) is 164 cm³/mol. The molecule has 2 aliphatic rings. The summed E-state index contributed by atoms with van der Waals surface area (Å²) in [5.41, 5.74) is 6.56. The highest BCUT2D eigenvalue weighted by molar-refractivity contribution is 5.94. The van der Waals surface area contributed by atoms with Gasteiger partial charge in [-0.25, -0.2) is 14.6 Å². The lowest BCUT2D eigenvalue weighted by atomic mass is 10.1. The van der Waals surface area contributed by atoms with E-state index in [1.165, 1.54) is 54.5 Å². The van der Waals surface area contributed by atoms with Crippen molar-refractivity contribution >= 4 is 30.4 Å². The molecular formula is C31H35ClF2N4O9. The number of aromatic nitrogens is 1. The van der Waals surface area contributed by atoms with E-state index in [-0.39, 0.29) is 60.0 Å². The molecule has 3 atom stereocenters. The summed E-state index contributed by atoms with van der Waals surface area (Å²) in [7, 11) is 1.23. The Balaban J connectivity index is 0.00000500. The van der Waals surface area contributed by atoms with Gasteiger partial charge in [-0.1, -0.05) is 0 Å². The summed E-state index contributed by atoms with van der Waals surface area (Å²) in [6, 6.07) is 8.30. The van der Waals surface area contributed by atoms with Gasteiger partial charge in [0.05, 0.1) is 37.4 Å². The highest BCUT2D eigenvalue weighted by atomic mass is 35.5. The van der Waals surface area contributed by atoms with Crippen LogP contribution in [0.5, 0.6) is 17.2 Å². The van der Waals surface area contributed by atoms with Crippen LogP contribution in [0.4, 0.5) is 13.6 Å². The van der Waals surface area contributed by atoms with E-state index in [0.717, 1.165) is 12.8 Å². The number of alkyl halides is 2. The van der Waals surface area contributed by atoms with Crippen LogP contribution in [0.25, 0.3) is 11.5 Å². The van der Waals surface area contributed by atoms with Crippen molar-refractivity contribution < 1.29 is 51.6 Å². The van der Waals surface area contributed by atoms with Gasteiger partial charge in [-0.2, -0.15) is 8.78 Å². The van der Waals surface area contributed by atoms with Gasteiger partial charge >= 0.3 is 18.7 Å². The summed E-state index contributed by atoms with van der Waals surface area (Å²) in [4.78, 5) is 43.2. The number of nitrogens with one attached hydrogen (secondary N) is 1. The third-order valence-corrected chi connectivity index (χ3v) is 7.57. The minimum atomic E-state index is -3.05. The second-order valence-electron chi connectivity index (χ2n) is 11.1. The average molecular weight is 681 g/mol. The zero-order valence-electron chi connectivity index (χ0n) is 25.5. The number of alkyl carbamates (subject to hydrolysis) is 1. The summed E-state index contributed by atoms with van der Waals surface area (Å²) < 4.78 is 53.0. The summed E-state index contributed by atoms with van der Waals surface area (Å²) >= 11 is 0. The molecule has 2 fully saturated rings. The van der Waals surface area contributed by atoms with Crippen molar-refractivity contribution in [1.29, 1.82) is 0 Å². The number of rotatable bonds is 13. The molecule has 0 bridgehead atoms. The SMILES string of the molecule is COC(=O)N[C@@H]1C[C@@H](COc2ccc(C(=O)O)cc2)N(C(=O)c2nc(-c3ccc(OC(F)F)c(OCC4CC4)c3)oc2[C@H](C)N)C1.Cl. The molecular weight excluding hydrogens is 646 g/mol. The summed E-state index contributed by atoms with van der Waals surface area (Å²) in [5.74, 6) is -0.814. The Kier molecular flexibility index (Phi) is 11.5. The molecule has 1 saturated carbocycles. The Hall–Kier alpha value is -4.63. The first-order valence-corrected chi connectivity index (χ1v) is 14.6. The van der Waals surface area contributed by atoms with Gasteiger partial charge in [0.25, 0.3) is 5.91 Å². The third-order valence-electron chi connectivity index (χ3n) is 7.57. The summed E-state index contributed by atoms with van der Waals surface area (Å²) in [5, 5.41) is 11.9. The number of benzene rings is 2. The number of amides is 2. The number of likely N-dealkylation sites (tertiary alicyclic amines) is 1. The minimum absolute atomic E-state index is 0. The van der Waals surface area contributed by atoms with Crippen LogP contribution < -0.4 is 25.3 Å². The van der Waals surface area contributed by atoms with Gasteiger partial charge in [-0.15, -0.1) is 12.4 Å². The van der Waals surface area contributed by atoms with Crippen molar-refractivity contribution in [1.82, 2.24) is 15.2 Å². The second-order valence-corrected chi connectivity index (χ2v) is 11.1. The zero-order valence-corrected chi connectivity index (χ0v) is 26.3. The highest BCUT2D eigenvalue weighted by Gasteiger charge is 2.39. The number of carboxylic acids is 1. The molecule has 0 unspecified atom stereocenters. The number of aromatic carboxylic acids is 1. The maximum absolute atomic E-state index is 14.0. The van der Waals surface area contributed by atoms with Crippen molar-refractivity contribution in [3.05, 3.63) is 59.5 Å². The minimum Gasteiger partial charge on any atom is -0.491 e. The number of oxazole rings is 1. The molecule has 1 aliphatic heterocycles. The Morgan fingerprint density at radius 2 is 1.83 bits per heavy atom. The number of nitrogens with zero attached hydrogens (tertiary/aromatic N) is 2. The zero-order chi connectivity index (χ0) is 33.0. The normalized spacial score (nSPS) is 17.9. The Morgan fingerprint density at radius 3 is 2.45 bits per heavy atom. The number of carboxylic acid groups (broad SMARTS) is 1. The van der Waals surface area contributed by atoms with Crippen LogP contribution in [0.3, 0.4) is 0 Å². The van der Waals surface area contributed by atoms with Crippen molar-refractivity contribution in [2.24, 2.45) is 11.7 Å². The molecule has 2 heterocycles. The molecule has 16 heteroatoms. The molecule has 13 nitrogen and oxygen atoms in total. The van der Waals surface area contributed by atoms with Crippen LogP contribution in [0.2, 0.25) is 0 Å². The lowest BCUT2D eigenvalue weighted by Crippen LogP contribution is -2.41. The van der Waals surface area contributed by atoms with E-state index in [1.807, 2.05) is 0 Å². The Morgan fingerprint density at radius 1 is 1.11 bits per heavy atom. The number of carbonyl (C=O) groups excluding carboxylic acids is 2. The number of ether oxygens (including phenoxy) is 4. The fourth-order valence-corrected chi connectivity index (χ4v) is 5.03. The van der Waals surface area contributed by atoms with Gasteiger partial charge in [0, 0.05) is 12.1 Å². The predicted octanol–water partition coefficient (Wildman–Crippen LogP) is 4.89. The molecule has 254 valence electrons. The monoisotopic (exact) mass is 680 g/mol. The van der Waals surface area contributed by atoms with E-state index in [2.05, 4.69) is 15.0 Å². The number of halogens is 3.